The van der Waals surface area contributed by atoms with Crippen molar-refractivity contribution >= 4 is 5.78 Å². The van der Waals surface area contributed by atoms with Crippen LogP contribution in [0.25, 0.3) is 0 Å². The van der Waals surface area contributed by atoms with Gasteiger partial charge >= 0.3 is 0 Å². The molecule has 2 N–H and O–H groups in total. The molecule has 1 aromatic carbocycles. The summed E-state index contributed by atoms with van der Waals surface area (Å²) >= 11 is 0. The summed E-state index contributed by atoms with van der Waals surface area (Å²) in [6, 6.07) is 6.49. The van der Waals surface area contributed by atoms with Crippen molar-refractivity contribution in [3.63, 3.8) is 0 Å². The van der Waals surface area contributed by atoms with Crippen molar-refractivity contribution < 1.29 is 9.90 Å². The molecule has 0 saturated carbocycles. The molecule has 1 atom stereocenters. The lowest BCUT2D eigenvalue weighted by Gasteiger charge is -2.29. The van der Waals surface area contributed by atoms with Crippen molar-refractivity contribution in [1.82, 2.24) is 10.2 Å². The molecular formula is C14H20N2O2. The zero-order valence-electron chi connectivity index (χ0n) is 10.7. The summed E-state index contributed by atoms with van der Waals surface area (Å²) in [5.41, 5.74) is 0.676. The molecule has 0 amide bonds. The van der Waals surface area contributed by atoms with Gasteiger partial charge in [-0.05, 0) is 24.3 Å². The van der Waals surface area contributed by atoms with Crippen LogP contribution in [0.4, 0.5) is 0 Å². The zero-order valence-corrected chi connectivity index (χ0v) is 10.7. The van der Waals surface area contributed by atoms with Gasteiger partial charge in [0.1, 0.15) is 5.75 Å². The number of carbonyl (C=O) groups excluding carboxylic acids is 1. The van der Waals surface area contributed by atoms with Crippen molar-refractivity contribution in [2.45, 2.75) is 6.92 Å². The minimum atomic E-state index is -0.00681. The second kappa shape index (κ2) is 5.98. The first-order chi connectivity index (χ1) is 8.66. The van der Waals surface area contributed by atoms with Gasteiger partial charge in [0, 0.05) is 44.2 Å². The number of Topliss-reactive ketones (excluding diaryl/α,β-unsaturated/α-hetero) is 1. The van der Waals surface area contributed by atoms with Crippen LogP contribution in [0, 0.1) is 5.92 Å². The summed E-state index contributed by atoms with van der Waals surface area (Å²) in [6.45, 7) is 6.79. The second-order valence-corrected chi connectivity index (χ2v) is 4.86. The summed E-state index contributed by atoms with van der Waals surface area (Å²) in [7, 11) is 0. The van der Waals surface area contributed by atoms with E-state index >= 15 is 0 Å². The Morgan fingerprint density at radius 3 is 2.56 bits per heavy atom. The van der Waals surface area contributed by atoms with Crippen molar-refractivity contribution in [2.75, 3.05) is 32.7 Å². The Morgan fingerprint density at radius 1 is 1.33 bits per heavy atom. The van der Waals surface area contributed by atoms with Gasteiger partial charge < -0.3 is 15.3 Å². The van der Waals surface area contributed by atoms with Crippen LogP contribution in [-0.2, 0) is 0 Å². The van der Waals surface area contributed by atoms with Gasteiger partial charge in [0.25, 0.3) is 0 Å². The van der Waals surface area contributed by atoms with Crippen LogP contribution in [0.1, 0.15) is 17.3 Å². The van der Waals surface area contributed by atoms with Crippen LogP contribution in [-0.4, -0.2) is 48.5 Å². The number of rotatable bonds is 4. The van der Waals surface area contributed by atoms with Gasteiger partial charge in [-0.15, -0.1) is 0 Å². The highest BCUT2D eigenvalue weighted by atomic mass is 16.3. The molecule has 4 heteroatoms. The van der Waals surface area contributed by atoms with Gasteiger partial charge in [-0.3, -0.25) is 4.79 Å². The van der Waals surface area contributed by atoms with E-state index in [1.54, 1.807) is 24.3 Å². The van der Waals surface area contributed by atoms with E-state index in [1.165, 1.54) is 0 Å². The molecule has 0 spiro atoms. The number of aromatic hydroxyl groups is 1. The third-order valence-electron chi connectivity index (χ3n) is 3.34. The van der Waals surface area contributed by atoms with Crippen LogP contribution in [0.3, 0.4) is 0 Å². The second-order valence-electron chi connectivity index (χ2n) is 4.86. The number of hydrogen-bond acceptors (Lipinski definition) is 4. The number of phenols is 1. The molecule has 0 aromatic heterocycles. The lowest BCUT2D eigenvalue weighted by molar-refractivity contribution is 0.0887. The Morgan fingerprint density at radius 2 is 1.94 bits per heavy atom. The SMILES string of the molecule is CC(CN1CCNCC1)C(=O)c1ccc(O)cc1. The van der Waals surface area contributed by atoms with Gasteiger partial charge in [0.2, 0.25) is 0 Å². The summed E-state index contributed by atoms with van der Waals surface area (Å²) in [4.78, 5) is 14.5. The number of benzene rings is 1. The molecule has 1 aliphatic heterocycles. The predicted molar refractivity (Wildman–Crippen MR) is 70.9 cm³/mol. The standard InChI is InChI=1S/C14H20N2O2/c1-11(10-16-8-6-15-7-9-16)14(18)12-2-4-13(17)5-3-12/h2-5,11,15,17H,6-10H2,1H3. The first-order valence-corrected chi connectivity index (χ1v) is 6.43. The lowest BCUT2D eigenvalue weighted by atomic mass is 9.98. The molecule has 0 bridgehead atoms. The van der Waals surface area contributed by atoms with Crippen LogP contribution >= 0.6 is 0 Å². The Balaban J connectivity index is 1.93. The average Bonchev–Trinajstić information content (AvgIpc) is 2.40. The fourth-order valence-electron chi connectivity index (χ4n) is 2.27. The Labute approximate surface area is 108 Å². The summed E-state index contributed by atoms with van der Waals surface area (Å²) in [6.07, 6.45) is 0. The smallest absolute Gasteiger partial charge is 0.166 e. The number of ketones is 1. The number of phenolic OH excluding ortho intramolecular Hbond substituents is 1. The van der Waals surface area contributed by atoms with Crippen LogP contribution in [0.5, 0.6) is 5.75 Å². The van der Waals surface area contributed by atoms with Crippen molar-refractivity contribution in [3.05, 3.63) is 29.8 Å². The molecule has 4 nitrogen and oxygen atoms in total. The van der Waals surface area contributed by atoms with E-state index in [0.717, 1.165) is 32.7 Å². The lowest BCUT2D eigenvalue weighted by Crippen LogP contribution is -2.45. The molecule has 1 saturated heterocycles. The number of piperazine rings is 1. The number of nitrogens with one attached hydrogen (secondary N) is 1. The molecule has 1 heterocycles. The van der Waals surface area contributed by atoms with Gasteiger partial charge in [-0.2, -0.15) is 0 Å². The number of carbonyl (C=O) groups is 1. The summed E-state index contributed by atoms with van der Waals surface area (Å²) in [5.74, 6) is 0.336. The van der Waals surface area contributed by atoms with Crippen LogP contribution in [0.15, 0.2) is 24.3 Å². The van der Waals surface area contributed by atoms with E-state index in [4.69, 9.17) is 0 Å². The third-order valence-corrected chi connectivity index (χ3v) is 3.34. The molecule has 98 valence electrons. The third kappa shape index (κ3) is 3.31. The monoisotopic (exact) mass is 248 g/mol. The maximum atomic E-state index is 12.2. The van der Waals surface area contributed by atoms with Gasteiger partial charge in [-0.1, -0.05) is 6.92 Å². The number of nitrogens with zero attached hydrogens (tertiary/aromatic N) is 1. The minimum Gasteiger partial charge on any atom is -0.508 e. The minimum absolute atomic E-state index is 0.00681. The molecule has 1 aliphatic rings. The van der Waals surface area contributed by atoms with E-state index in [2.05, 4.69) is 10.2 Å². The average molecular weight is 248 g/mol. The highest BCUT2D eigenvalue weighted by molar-refractivity contribution is 5.97. The maximum absolute atomic E-state index is 12.2. The van der Waals surface area contributed by atoms with Crippen molar-refractivity contribution in [2.24, 2.45) is 5.92 Å². The quantitative estimate of drug-likeness (QED) is 0.784. The highest BCUT2D eigenvalue weighted by Gasteiger charge is 2.19. The van der Waals surface area contributed by atoms with E-state index in [1.807, 2.05) is 6.92 Å². The fourth-order valence-corrected chi connectivity index (χ4v) is 2.27. The van der Waals surface area contributed by atoms with Gasteiger partial charge in [0.05, 0.1) is 0 Å². The van der Waals surface area contributed by atoms with E-state index in [-0.39, 0.29) is 17.5 Å². The molecule has 0 aliphatic carbocycles. The summed E-state index contributed by atoms with van der Waals surface area (Å²) < 4.78 is 0. The topological polar surface area (TPSA) is 52.6 Å². The fraction of sp³-hybridized carbons (Fsp3) is 0.500. The van der Waals surface area contributed by atoms with Crippen molar-refractivity contribution in [1.29, 1.82) is 0 Å². The molecule has 0 radical (unpaired) electrons. The largest absolute Gasteiger partial charge is 0.508 e. The van der Waals surface area contributed by atoms with Crippen LogP contribution < -0.4 is 5.32 Å². The molecule has 2 rings (SSSR count). The first-order valence-electron chi connectivity index (χ1n) is 6.43. The molecular weight excluding hydrogens is 228 g/mol. The predicted octanol–water partition coefficient (Wildman–Crippen LogP) is 1.12. The Hall–Kier alpha value is -1.39. The molecule has 1 fully saturated rings. The Kier molecular flexibility index (Phi) is 4.33. The highest BCUT2D eigenvalue weighted by Crippen LogP contribution is 2.14. The van der Waals surface area contributed by atoms with Crippen LogP contribution in [0.2, 0.25) is 0 Å². The summed E-state index contributed by atoms with van der Waals surface area (Å²) in [5, 5.41) is 12.5. The molecule has 18 heavy (non-hydrogen) atoms. The molecule has 1 unspecified atom stereocenters. The van der Waals surface area contributed by atoms with Gasteiger partial charge in [-0.25, -0.2) is 0 Å². The zero-order chi connectivity index (χ0) is 13.0. The molecule has 1 aromatic rings. The Bertz CT molecular complexity index is 397. The van der Waals surface area contributed by atoms with Gasteiger partial charge in [0.15, 0.2) is 5.78 Å². The van der Waals surface area contributed by atoms with E-state index in [9.17, 15) is 9.90 Å². The van der Waals surface area contributed by atoms with Crippen molar-refractivity contribution in [3.8, 4) is 5.75 Å². The van der Waals surface area contributed by atoms with E-state index in [0.29, 0.717) is 5.56 Å². The maximum Gasteiger partial charge on any atom is 0.166 e. The number of hydrogen-bond donors (Lipinski definition) is 2. The van der Waals surface area contributed by atoms with E-state index < -0.39 is 0 Å². The normalized spacial score (nSPS) is 18.5. The first kappa shape index (κ1) is 13.1.